The van der Waals surface area contributed by atoms with Gasteiger partial charge in [-0.05, 0) is 23.8 Å². The van der Waals surface area contributed by atoms with Gasteiger partial charge in [-0.3, -0.25) is 0 Å². The fourth-order valence-electron chi connectivity index (χ4n) is 1.82. The molecule has 1 aromatic rings. The van der Waals surface area contributed by atoms with E-state index in [0.29, 0.717) is 11.3 Å². The minimum Gasteiger partial charge on any atom is -0.467 e. The van der Waals surface area contributed by atoms with Crippen LogP contribution < -0.4 is 10.1 Å². The zero-order valence-corrected chi connectivity index (χ0v) is 9.38. The molecule has 0 saturated carbocycles. The van der Waals surface area contributed by atoms with Crippen molar-refractivity contribution >= 4 is 11.7 Å². The number of methoxy groups -OCH3 is 1. The highest BCUT2D eigenvalue weighted by Crippen LogP contribution is 2.32. The summed E-state index contributed by atoms with van der Waals surface area (Å²) < 4.78 is 44.5. The number of halogens is 3. The summed E-state index contributed by atoms with van der Waals surface area (Å²) in [6.45, 7) is 0. The molecular formula is C11H10F3NO3. The molecule has 0 amide bonds. The molecule has 0 spiro atoms. The van der Waals surface area contributed by atoms with E-state index in [9.17, 15) is 18.0 Å². The van der Waals surface area contributed by atoms with E-state index in [-0.39, 0.29) is 12.2 Å². The van der Waals surface area contributed by atoms with E-state index in [4.69, 9.17) is 0 Å². The molecule has 0 bridgehead atoms. The molecule has 7 heteroatoms. The predicted octanol–water partition coefficient (Wildman–Crippen LogP) is 2.09. The van der Waals surface area contributed by atoms with Crippen LogP contribution in [0.15, 0.2) is 18.2 Å². The highest BCUT2D eigenvalue weighted by molar-refractivity contribution is 5.82. The average Bonchev–Trinajstić information content (AvgIpc) is 2.68. The van der Waals surface area contributed by atoms with Gasteiger partial charge in [0.25, 0.3) is 0 Å². The Morgan fingerprint density at radius 1 is 1.44 bits per heavy atom. The first kappa shape index (κ1) is 12.5. The summed E-state index contributed by atoms with van der Waals surface area (Å²) in [5, 5.41) is 2.86. The Kier molecular flexibility index (Phi) is 3.06. The van der Waals surface area contributed by atoms with Gasteiger partial charge in [-0.15, -0.1) is 13.2 Å². The van der Waals surface area contributed by atoms with E-state index in [1.165, 1.54) is 25.3 Å². The lowest BCUT2D eigenvalue weighted by Gasteiger charge is -2.09. The van der Waals surface area contributed by atoms with Gasteiger partial charge in [-0.25, -0.2) is 4.79 Å². The molecule has 1 heterocycles. The number of alkyl halides is 3. The van der Waals surface area contributed by atoms with Crippen molar-refractivity contribution in [1.82, 2.24) is 0 Å². The summed E-state index contributed by atoms with van der Waals surface area (Å²) in [5.41, 5.74) is 1.20. The molecule has 1 aromatic carbocycles. The fourth-order valence-corrected chi connectivity index (χ4v) is 1.82. The number of nitrogens with one attached hydrogen (secondary N) is 1. The monoisotopic (exact) mass is 261 g/mol. The van der Waals surface area contributed by atoms with E-state index in [2.05, 4.69) is 14.8 Å². The second-order valence-corrected chi connectivity index (χ2v) is 3.79. The summed E-state index contributed by atoms with van der Waals surface area (Å²) in [6, 6.07) is 3.34. The third kappa shape index (κ3) is 2.66. The number of ether oxygens (including phenoxy) is 2. The Bertz CT molecular complexity index is 473. The molecule has 1 atom stereocenters. The number of esters is 1. The van der Waals surface area contributed by atoms with Crippen LogP contribution in [0.3, 0.4) is 0 Å². The molecule has 98 valence electrons. The molecular weight excluding hydrogens is 251 g/mol. The Hall–Kier alpha value is -1.92. The normalized spacial score (nSPS) is 17.9. The van der Waals surface area contributed by atoms with E-state index >= 15 is 0 Å². The van der Waals surface area contributed by atoms with Crippen molar-refractivity contribution in [2.75, 3.05) is 12.4 Å². The van der Waals surface area contributed by atoms with Crippen molar-refractivity contribution in [2.45, 2.75) is 18.8 Å². The number of carbonyl (C=O) groups excluding carboxylic acids is 1. The number of rotatable bonds is 2. The summed E-state index contributed by atoms with van der Waals surface area (Å²) in [4.78, 5) is 11.3. The Morgan fingerprint density at radius 3 is 2.78 bits per heavy atom. The zero-order chi connectivity index (χ0) is 13.3. The van der Waals surface area contributed by atoms with Gasteiger partial charge in [0.1, 0.15) is 11.8 Å². The van der Waals surface area contributed by atoms with E-state index < -0.39 is 18.4 Å². The minimum absolute atomic E-state index is 0.275. The van der Waals surface area contributed by atoms with Gasteiger partial charge in [0, 0.05) is 12.1 Å². The molecule has 1 aliphatic heterocycles. The Labute approximate surface area is 101 Å². The first-order valence-corrected chi connectivity index (χ1v) is 5.12. The molecule has 18 heavy (non-hydrogen) atoms. The number of anilines is 1. The fraction of sp³-hybridized carbons (Fsp3) is 0.364. The molecule has 1 N–H and O–H groups in total. The van der Waals surface area contributed by atoms with Gasteiger partial charge < -0.3 is 14.8 Å². The number of fused-ring (bicyclic) bond motifs is 1. The van der Waals surface area contributed by atoms with Crippen molar-refractivity contribution in [3.63, 3.8) is 0 Å². The summed E-state index contributed by atoms with van der Waals surface area (Å²) in [5.74, 6) is -0.752. The standard InChI is InChI=1S/C11H10F3NO3/c1-17-10(16)9-5-6-4-7(18-11(12,13)14)2-3-8(6)15-9/h2-4,9,15H,5H2,1H3/t9-/m1/s1. The largest absolute Gasteiger partial charge is 0.573 e. The number of hydrogen-bond acceptors (Lipinski definition) is 4. The van der Waals surface area contributed by atoms with Crippen LogP contribution in [-0.4, -0.2) is 25.5 Å². The van der Waals surface area contributed by atoms with Gasteiger partial charge >= 0.3 is 12.3 Å². The maximum Gasteiger partial charge on any atom is 0.573 e. The van der Waals surface area contributed by atoms with E-state index in [0.717, 1.165) is 0 Å². The number of hydrogen-bond donors (Lipinski definition) is 1. The molecule has 0 saturated heterocycles. The van der Waals surface area contributed by atoms with Crippen LogP contribution in [-0.2, 0) is 16.0 Å². The van der Waals surface area contributed by atoms with E-state index in [1.807, 2.05) is 0 Å². The summed E-state index contributed by atoms with van der Waals surface area (Å²) in [7, 11) is 1.26. The van der Waals surface area contributed by atoms with Crippen LogP contribution in [0, 0.1) is 0 Å². The third-order valence-electron chi connectivity index (χ3n) is 2.55. The molecule has 0 radical (unpaired) electrons. The zero-order valence-electron chi connectivity index (χ0n) is 9.38. The lowest BCUT2D eigenvalue weighted by atomic mass is 10.1. The van der Waals surface area contributed by atoms with Crippen LogP contribution in [0.4, 0.5) is 18.9 Å². The van der Waals surface area contributed by atoms with Gasteiger partial charge in [0.2, 0.25) is 0 Å². The molecule has 2 rings (SSSR count). The van der Waals surface area contributed by atoms with Gasteiger partial charge in [-0.2, -0.15) is 0 Å². The van der Waals surface area contributed by atoms with Gasteiger partial charge in [0.15, 0.2) is 0 Å². The molecule has 1 aliphatic rings. The van der Waals surface area contributed by atoms with Crippen molar-refractivity contribution in [1.29, 1.82) is 0 Å². The number of carbonyl (C=O) groups is 1. The Balaban J connectivity index is 2.15. The maximum atomic E-state index is 12.0. The molecule has 0 fully saturated rings. The van der Waals surface area contributed by atoms with Crippen molar-refractivity contribution in [3.8, 4) is 5.75 Å². The second kappa shape index (κ2) is 4.40. The van der Waals surface area contributed by atoms with Gasteiger partial charge in [-0.1, -0.05) is 0 Å². The van der Waals surface area contributed by atoms with Crippen LogP contribution in [0.25, 0.3) is 0 Å². The predicted molar refractivity (Wildman–Crippen MR) is 56.3 cm³/mol. The lowest BCUT2D eigenvalue weighted by Crippen LogP contribution is -2.27. The molecule has 0 unspecified atom stereocenters. The second-order valence-electron chi connectivity index (χ2n) is 3.79. The van der Waals surface area contributed by atoms with Crippen LogP contribution in [0.5, 0.6) is 5.75 Å². The highest BCUT2D eigenvalue weighted by atomic mass is 19.4. The summed E-state index contributed by atoms with van der Waals surface area (Å²) in [6.07, 6.45) is -4.45. The lowest BCUT2D eigenvalue weighted by molar-refractivity contribution is -0.274. The van der Waals surface area contributed by atoms with Crippen LogP contribution >= 0.6 is 0 Å². The van der Waals surface area contributed by atoms with Crippen molar-refractivity contribution in [3.05, 3.63) is 23.8 Å². The smallest absolute Gasteiger partial charge is 0.467 e. The maximum absolute atomic E-state index is 12.0. The number of benzene rings is 1. The summed E-state index contributed by atoms with van der Waals surface area (Å²) >= 11 is 0. The first-order valence-electron chi connectivity index (χ1n) is 5.12. The molecule has 0 aliphatic carbocycles. The average molecular weight is 261 g/mol. The van der Waals surface area contributed by atoms with Gasteiger partial charge in [0.05, 0.1) is 7.11 Å². The Morgan fingerprint density at radius 2 is 2.17 bits per heavy atom. The quantitative estimate of drug-likeness (QED) is 0.828. The third-order valence-corrected chi connectivity index (χ3v) is 2.55. The first-order chi connectivity index (χ1) is 8.39. The van der Waals surface area contributed by atoms with Crippen molar-refractivity contribution in [2.24, 2.45) is 0 Å². The molecule has 4 nitrogen and oxygen atoms in total. The van der Waals surface area contributed by atoms with E-state index in [1.54, 1.807) is 0 Å². The van der Waals surface area contributed by atoms with Crippen molar-refractivity contribution < 1.29 is 27.4 Å². The SMILES string of the molecule is COC(=O)[C@H]1Cc2cc(OC(F)(F)F)ccc2N1. The topological polar surface area (TPSA) is 47.6 Å². The highest BCUT2D eigenvalue weighted by Gasteiger charge is 2.32. The van der Waals surface area contributed by atoms with Crippen LogP contribution in [0.2, 0.25) is 0 Å². The van der Waals surface area contributed by atoms with Crippen LogP contribution in [0.1, 0.15) is 5.56 Å². The molecule has 0 aromatic heterocycles. The minimum atomic E-state index is -4.72.